The summed E-state index contributed by atoms with van der Waals surface area (Å²) in [5.41, 5.74) is 1.14. The minimum atomic E-state index is -0.381. The van der Waals surface area contributed by atoms with Crippen molar-refractivity contribution in [2.24, 2.45) is 0 Å². The molecule has 5 heteroatoms. The first-order valence-electron chi connectivity index (χ1n) is 6.47. The van der Waals surface area contributed by atoms with Crippen LogP contribution in [0.4, 0.5) is 0 Å². The topological polar surface area (TPSA) is 48.4 Å². The standard InChI is InChI=1S/C15H14ClNO3/c1-19-15(18)10-4-6-13(20-12-7-5-11(12)16)14-9(10)3-2-8-17-14/h2-4,6,8,11-12H,5,7H2,1H3. The van der Waals surface area contributed by atoms with Gasteiger partial charge in [-0.2, -0.15) is 0 Å². The summed E-state index contributed by atoms with van der Waals surface area (Å²) < 4.78 is 10.7. The fourth-order valence-corrected chi connectivity index (χ4v) is 2.56. The summed E-state index contributed by atoms with van der Waals surface area (Å²) in [6.45, 7) is 0. The molecule has 1 aliphatic rings. The van der Waals surface area contributed by atoms with E-state index in [-0.39, 0.29) is 17.5 Å². The minimum absolute atomic E-state index is 0.0193. The molecule has 1 aromatic heterocycles. The largest absolute Gasteiger partial charge is 0.487 e. The van der Waals surface area contributed by atoms with E-state index in [4.69, 9.17) is 21.1 Å². The first-order chi connectivity index (χ1) is 9.70. The van der Waals surface area contributed by atoms with Crippen LogP contribution in [-0.2, 0) is 4.74 Å². The van der Waals surface area contributed by atoms with Crippen molar-refractivity contribution in [3.63, 3.8) is 0 Å². The number of carbonyl (C=O) groups excluding carboxylic acids is 1. The second kappa shape index (κ2) is 5.29. The van der Waals surface area contributed by atoms with Gasteiger partial charge in [0.15, 0.2) is 0 Å². The van der Waals surface area contributed by atoms with Crippen LogP contribution in [-0.4, -0.2) is 29.5 Å². The average molecular weight is 292 g/mol. The Morgan fingerprint density at radius 1 is 1.35 bits per heavy atom. The molecule has 2 aromatic rings. The number of halogens is 1. The molecule has 2 atom stereocenters. The van der Waals surface area contributed by atoms with E-state index in [1.165, 1.54) is 7.11 Å². The number of methoxy groups -OCH3 is 1. The molecule has 1 heterocycles. The summed E-state index contributed by atoms with van der Waals surface area (Å²) in [4.78, 5) is 16.1. The highest BCUT2D eigenvalue weighted by atomic mass is 35.5. The summed E-state index contributed by atoms with van der Waals surface area (Å²) in [6, 6.07) is 7.07. The van der Waals surface area contributed by atoms with Gasteiger partial charge < -0.3 is 9.47 Å². The van der Waals surface area contributed by atoms with Gasteiger partial charge in [0.2, 0.25) is 0 Å². The van der Waals surface area contributed by atoms with Gasteiger partial charge in [-0.05, 0) is 31.0 Å². The van der Waals surface area contributed by atoms with Crippen LogP contribution in [0, 0.1) is 0 Å². The molecule has 104 valence electrons. The first kappa shape index (κ1) is 13.2. The van der Waals surface area contributed by atoms with Gasteiger partial charge in [0, 0.05) is 11.6 Å². The quantitative estimate of drug-likeness (QED) is 0.644. The molecule has 0 aliphatic heterocycles. The van der Waals surface area contributed by atoms with Crippen LogP contribution in [0.25, 0.3) is 10.9 Å². The van der Waals surface area contributed by atoms with Crippen molar-refractivity contribution in [1.82, 2.24) is 4.98 Å². The Balaban J connectivity index is 2.04. The molecule has 0 spiro atoms. The zero-order chi connectivity index (χ0) is 14.1. The Labute approximate surface area is 121 Å². The average Bonchev–Trinajstić information content (AvgIpc) is 2.50. The number of carbonyl (C=O) groups is 1. The molecule has 1 aliphatic carbocycles. The lowest BCUT2D eigenvalue weighted by atomic mass is 9.95. The molecule has 1 fully saturated rings. The number of benzene rings is 1. The zero-order valence-electron chi connectivity index (χ0n) is 11.0. The highest BCUT2D eigenvalue weighted by Gasteiger charge is 2.31. The van der Waals surface area contributed by atoms with Crippen molar-refractivity contribution in [2.45, 2.75) is 24.3 Å². The predicted molar refractivity (Wildman–Crippen MR) is 76.4 cm³/mol. The van der Waals surface area contributed by atoms with Gasteiger partial charge in [-0.15, -0.1) is 11.6 Å². The van der Waals surface area contributed by atoms with Crippen LogP contribution in [0.5, 0.6) is 5.75 Å². The first-order valence-corrected chi connectivity index (χ1v) is 6.91. The molecule has 1 aromatic carbocycles. The maximum Gasteiger partial charge on any atom is 0.338 e. The van der Waals surface area contributed by atoms with E-state index in [0.717, 1.165) is 18.2 Å². The van der Waals surface area contributed by atoms with E-state index in [2.05, 4.69) is 4.98 Å². The molecule has 0 radical (unpaired) electrons. The summed E-state index contributed by atoms with van der Waals surface area (Å²) in [5.74, 6) is 0.275. The fraction of sp³-hybridized carbons (Fsp3) is 0.333. The molecular weight excluding hydrogens is 278 g/mol. The normalized spacial score (nSPS) is 21.3. The van der Waals surface area contributed by atoms with Crippen LogP contribution >= 0.6 is 11.6 Å². The summed E-state index contributed by atoms with van der Waals surface area (Å²) >= 11 is 6.10. The maximum absolute atomic E-state index is 11.8. The molecular formula is C15H14ClNO3. The van der Waals surface area contributed by atoms with Gasteiger partial charge in [0.1, 0.15) is 17.4 Å². The number of esters is 1. The van der Waals surface area contributed by atoms with E-state index < -0.39 is 0 Å². The fourth-order valence-electron chi connectivity index (χ4n) is 2.25. The highest BCUT2D eigenvalue weighted by Crippen LogP contribution is 2.34. The Hall–Kier alpha value is -1.81. The molecule has 2 unspecified atom stereocenters. The van der Waals surface area contributed by atoms with E-state index in [9.17, 15) is 4.79 Å². The predicted octanol–water partition coefficient (Wildman–Crippen LogP) is 3.17. The number of hydrogen-bond donors (Lipinski definition) is 0. The minimum Gasteiger partial charge on any atom is -0.487 e. The number of alkyl halides is 1. The summed E-state index contributed by atoms with van der Waals surface area (Å²) in [7, 11) is 1.36. The third-order valence-electron chi connectivity index (χ3n) is 3.55. The van der Waals surface area contributed by atoms with Crippen molar-refractivity contribution >= 4 is 28.5 Å². The zero-order valence-corrected chi connectivity index (χ0v) is 11.8. The second-order valence-corrected chi connectivity index (χ2v) is 5.31. The van der Waals surface area contributed by atoms with E-state index in [1.54, 1.807) is 24.4 Å². The van der Waals surface area contributed by atoms with Crippen LogP contribution in [0.1, 0.15) is 23.2 Å². The Kier molecular flexibility index (Phi) is 3.49. The van der Waals surface area contributed by atoms with Crippen LogP contribution in [0.2, 0.25) is 0 Å². The maximum atomic E-state index is 11.8. The third kappa shape index (κ3) is 2.20. The Morgan fingerprint density at radius 2 is 2.20 bits per heavy atom. The van der Waals surface area contributed by atoms with Crippen LogP contribution in [0.3, 0.4) is 0 Å². The molecule has 20 heavy (non-hydrogen) atoms. The second-order valence-electron chi connectivity index (χ2n) is 4.75. The lowest BCUT2D eigenvalue weighted by molar-refractivity contribution is 0.0603. The summed E-state index contributed by atoms with van der Waals surface area (Å²) in [5, 5.41) is 0.774. The van der Waals surface area contributed by atoms with Gasteiger partial charge >= 0.3 is 5.97 Å². The van der Waals surface area contributed by atoms with E-state index in [1.807, 2.05) is 6.07 Å². The number of hydrogen-bond acceptors (Lipinski definition) is 4. The number of ether oxygens (including phenoxy) is 2. The Bertz CT molecular complexity index is 659. The molecule has 4 nitrogen and oxygen atoms in total. The Morgan fingerprint density at radius 3 is 2.85 bits per heavy atom. The SMILES string of the molecule is COC(=O)c1ccc(OC2CCC2Cl)c2ncccc12. The van der Waals surface area contributed by atoms with Gasteiger partial charge in [0.25, 0.3) is 0 Å². The van der Waals surface area contributed by atoms with E-state index in [0.29, 0.717) is 16.8 Å². The number of pyridine rings is 1. The lowest BCUT2D eigenvalue weighted by Gasteiger charge is -2.32. The monoisotopic (exact) mass is 291 g/mol. The molecule has 0 amide bonds. The third-order valence-corrected chi connectivity index (χ3v) is 4.05. The molecule has 0 N–H and O–H groups in total. The number of rotatable bonds is 3. The highest BCUT2D eigenvalue weighted by molar-refractivity contribution is 6.21. The smallest absolute Gasteiger partial charge is 0.338 e. The van der Waals surface area contributed by atoms with Gasteiger partial charge in [-0.25, -0.2) is 4.79 Å². The van der Waals surface area contributed by atoms with E-state index >= 15 is 0 Å². The summed E-state index contributed by atoms with van der Waals surface area (Å²) in [6.07, 6.45) is 3.61. The van der Waals surface area contributed by atoms with Crippen LogP contribution in [0.15, 0.2) is 30.5 Å². The van der Waals surface area contributed by atoms with Crippen molar-refractivity contribution in [3.05, 3.63) is 36.0 Å². The number of fused-ring (bicyclic) bond motifs is 1. The molecule has 0 bridgehead atoms. The van der Waals surface area contributed by atoms with Crippen LogP contribution < -0.4 is 4.74 Å². The molecule has 0 saturated heterocycles. The van der Waals surface area contributed by atoms with Crippen molar-refractivity contribution in [2.75, 3.05) is 7.11 Å². The van der Waals surface area contributed by atoms with Crippen molar-refractivity contribution in [1.29, 1.82) is 0 Å². The molecule has 1 saturated carbocycles. The van der Waals surface area contributed by atoms with Crippen molar-refractivity contribution in [3.8, 4) is 5.75 Å². The van der Waals surface area contributed by atoms with Gasteiger partial charge in [-0.3, -0.25) is 4.98 Å². The van der Waals surface area contributed by atoms with Gasteiger partial charge in [-0.1, -0.05) is 6.07 Å². The number of nitrogens with zero attached hydrogens (tertiary/aromatic N) is 1. The lowest BCUT2D eigenvalue weighted by Crippen LogP contribution is -2.37. The molecule has 3 rings (SSSR count). The number of aromatic nitrogens is 1. The van der Waals surface area contributed by atoms with Crippen molar-refractivity contribution < 1.29 is 14.3 Å². The van der Waals surface area contributed by atoms with Gasteiger partial charge in [0.05, 0.1) is 18.1 Å².